The molecule has 146 valence electrons. The van der Waals surface area contributed by atoms with E-state index in [4.69, 9.17) is 9.15 Å². The lowest BCUT2D eigenvalue weighted by atomic mass is 9.99. The van der Waals surface area contributed by atoms with E-state index >= 15 is 0 Å². The zero-order valence-corrected chi connectivity index (χ0v) is 15.8. The van der Waals surface area contributed by atoms with Crippen molar-refractivity contribution in [2.24, 2.45) is 0 Å². The smallest absolute Gasteiger partial charge is 0.408 e. The Balaban J connectivity index is 1.34. The number of carbonyl (C=O) groups excluding carboxylic acids is 1. The van der Waals surface area contributed by atoms with Crippen LogP contribution in [-0.4, -0.2) is 65.7 Å². The monoisotopic (exact) mass is 373 g/mol. The molecule has 0 aliphatic carbocycles. The number of oxazole rings is 1. The van der Waals surface area contributed by atoms with Gasteiger partial charge in [0.15, 0.2) is 5.58 Å². The molecule has 7 heteroatoms. The number of methoxy groups -OCH3 is 1. The Morgan fingerprint density at radius 1 is 1.11 bits per heavy atom. The van der Waals surface area contributed by atoms with E-state index in [1.807, 2.05) is 23.1 Å². The van der Waals surface area contributed by atoms with Crippen LogP contribution in [0.25, 0.3) is 11.1 Å². The number of fused-ring (bicyclic) bond motifs is 1. The van der Waals surface area contributed by atoms with Crippen molar-refractivity contribution in [3.05, 3.63) is 34.8 Å². The summed E-state index contributed by atoms with van der Waals surface area (Å²) in [5.41, 5.74) is 1.19. The summed E-state index contributed by atoms with van der Waals surface area (Å²) in [6.07, 6.45) is 4.55. The second kappa shape index (κ2) is 7.86. The molecule has 2 aliphatic rings. The quantitative estimate of drug-likeness (QED) is 0.816. The van der Waals surface area contributed by atoms with Crippen molar-refractivity contribution in [1.29, 1.82) is 0 Å². The number of hydrogen-bond acceptors (Lipinski definition) is 5. The van der Waals surface area contributed by atoms with E-state index in [9.17, 15) is 9.59 Å². The highest BCUT2D eigenvalue weighted by Gasteiger charge is 2.30. The van der Waals surface area contributed by atoms with E-state index in [0.717, 1.165) is 51.9 Å². The fourth-order valence-electron chi connectivity index (χ4n) is 4.36. The Morgan fingerprint density at radius 2 is 1.81 bits per heavy atom. The van der Waals surface area contributed by atoms with Crippen LogP contribution in [0.15, 0.2) is 33.5 Å². The summed E-state index contributed by atoms with van der Waals surface area (Å²) in [7, 11) is 1.79. The van der Waals surface area contributed by atoms with Gasteiger partial charge in [0.1, 0.15) is 6.54 Å². The maximum Gasteiger partial charge on any atom is 0.420 e. The minimum Gasteiger partial charge on any atom is -0.408 e. The predicted molar refractivity (Wildman–Crippen MR) is 102 cm³/mol. The molecule has 2 aromatic rings. The number of hydrogen-bond donors (Lipinski definition) is 0. The molecule has 0 atom stereocenters. The number of para-hydroxylation sites is 2. The molecule has 4 rings (SSSR count). The largest absolute Gasteiger partial charge is 0.420 e. The highest BCUT2D eigenvalue weighted by atomic mass is 16.5. The van der Waals surface area contributed by atoms with Crippen LogP contribution in [-0.2, 0) is 16.1 Å². The van der Waals surface area contributed by atoms with Crippen molar-refractivity contribution in [2.45, 2.75) is 44.4 Å². The van der Waals surface area contributed by atoms with Crippen LogP contribution >= 0.6 is 0 Å². The molecular weight excluding hydrogens is 346 g/mol. The molecule has 3 heterocycles. The van der Waals surface area contributed by atoms with Gasteiger partial charge in [0.25, 0.3) is 0 Å². The van der Waals surface area contributed by atoms with Gasteiger partial charge >= 0.3 is 5.76 Å². The normalized spacial score (nSPS) is 20.4. The van der Waals surface area contributed by atoms with Gasteiger partial charge in [-0.3, -0.25) is 9.36 Å². The third-order valence-corrected chi connectivity index (χ3v) is 6.01. The molecule has 0 spiro atoms. The Hall–Kier alpha value is -2.12. The van der Waals surface area contributed by atoms with Crippen LogP contribution in [0.2, 0.25) is 0 Å². The Labute approximate surface area is 158 Å². The van der Waals surface area contributed by atoms with E-state index in [-0.39, 0.29) is 12.5 Å². The molecule has 0 radical (unpaired) electrons. The van der Waals surface area contributed by atoms with E-state index < -0.39 is 5.76 Å². The van der Waals surface area contributed by atoms with Crippen LogP contribution in [0, 0.1) is 0 Å². The van der Waals surface area contributed by atoms with Crippen molar-refractivity contribution < 1.29 is 13.9 Å². The molecule has 0 bridgehead atoms. The molecule has 1 aromatic heterocycles. The fourth-order valence-corrected chi connectivity index (χ4v) is 4.36. The lowest BCUT2D eigenvalue weighted by Crippen LogP contribution is -2.50. The Morgan fingerprint density at radius 3 is 2.52 bits per heavy atom. The van der Waals surface area contributed by atoms with Crippen molar-refractivity contribution in [3.63, 3.8) is 0 Å². The van der Waals surface area contributed by atoms with E-state index in [1.54, 1.807) is 13.2 Å². The van der Waals surface area contributed by atoms with Gasteiger partial charge in [-0.25, -0.2) is 4.79 Å². The van der Waals surface area contributed by atoms with Gasteiger partial charge in [-0.1, -0.05) is 12.1 Å². The van der Waals surface area contributed by atoms with Crippen LogP contribution in [0.4, 0.5) is 0 Å². The van der Waals surface area contributed by atoms with Crippen molar-refractivity contribution in [1.82, 2.24) is 14.4 Å². The predicted octanol–water partition coefficient (Wildman–Crippen LogP) is 1.70. The van der Waals surface area contributed by atoms with Gasteiger partial charge in [0.2, 0.25) is 5.91 Å². The number of carbonyl (C=O) groups is 1. The average Bonchev–Trinajstić information content (AvgIpc) is 3.03. The third kappa shape index (κ3) is 3.80. The van der Waals surface area contributed by atoms with Crippen LogP contribution < -0.4 is 5.76 Å². The SMILES string of the molecule is COC1CCN(C2CCN(C(=O)Cn3c(=O)oc4ccccc43)CC2)CC1. The van der Waals surface area contributed by atoms with E-state index in [0.29, 0.717) is 23.2 Å². The Kier molecular flexibility index (Phi) is 5.31. The summed E-state index contributed by atoms with van der Waals surface area (Å²) in [6, 6.07) is 7.76. The van der Waals surface area contributed by atoms with Crippen molar-refractivity contribution in [3.8, 4) is 0 Å². The van der Waals surface area contributed by atoms with Gasteiger partial charge in [0.05, 0.1) is 11.6 Å². The molecule has 1 amide bonds. The molecule has 2 fully saturated rings. The number of nitrogens with zero attached hydrogens (tertiary/aromatic N) is 3. The molecule has 2 saturated heterocycles. The molecule has 2 aliphatic heterocycles. The standard InChI is InChI=1S/C20H27N3O4/c1-26-16-8-12-21(13-9-16)15-6-10-22(11-7-15)19(24)14-23-17-4-2-3-5-18(17)27-20(23)25/h2-5,15-16H,6-14H2,1H3. The zero-order valence-electron chi connectivity index (χ0n) is 15.8. The fraction of sp³-hybridized carbons (Fsp3) is 0.600. The summed E-state index contributed by atoms with van der Waals surface area (Å²) in [5, 5.41) is 0. The molecule has 0 saturated carbocycles. The minimum absolute atomic E-state index is 0.0137. The summed E-state index contributed by atoms with van der Waals surface area (Å²) in [5.74, 6) is -0.486. The number of aromatic nitrogens is 1. The minimum atomic E-state index is -0.472. The molecule has 27 heavy (non-hydrogen) atoms. The van der Waals surface area contributed by atoms with Gasteiger partial charge < -0.3 is 19.0 Å². The second-order valence-electron chi connectivity index (χ2n) is 7.50. The summed E-state index contributed by atoms with van der Waals surface area (Å²) in [6.45, 7) is 3.69. The van der Waals surface area contributed by atoms with Crippen LogP contribution in [0.3, 0.4) is 0 Å². The summed E-state index contributed by atoms with van der Waals surface area (Å²) < 4.78 is 12.1. The number of amides is 1. The first-order valence-electron chi connectivity index (χ1n) is 9.78. The molecule has 0 unspecified atom stereocenters. The third-order valence-electron chi connectivity index (χ3n) is 6.01. The molecular formula is C20H27N3O4. The first-order valence-corrected chi connectivity index (χ1v) is 9.78. The number of rotatable bonds is 4. The number of likely N-dealkylation sites (tertiary alicyclic amines) is 2. The summed E-state index contributed by atoms with van der Waals surface area (Å²) in [4.78, 5) is 29.2. The van der Waals surface area contributed by atoms with Crippen molar-refractivity contribution >= 4 is 17.0 Å². The first kappa shape index (κ1) is 18.3. The maximum absolute atomic E-state index is 12.7. The molecule has 1 aromatic carbocycles. The van der Waals surface area contributed by atoms with Gasteiger partial charge in [-0.15, -0.1) is 0 Å². The highest BCUT2D eigenvalue weighted by Crippen LogP contribution is 2.22. The van der Waals surface area contributed by atoms with Gasteiger partial charge in [-0.05, 0) is 37.8 Å². The second-order valence-corrected chi connectivity index (χ2v) is 7.50. The van der Waals surface area contributed by atoms with Crippen LogP contribution in [0.5, 0.6) is 0 Å². The van der Waals surface area contributed by atoms with E-state index in [1.165, 1.54) is 4.57 Å². The number of ether oxygens (including phenoxy) is 1. The average molecular weight is 373 g/mol. The summed E-state index contributed by atoms with van der Waals surface area (Å²) >= 11 is 0. The van der Waals surface area contributed by atoms with Crippen LogP contribution in [0.1, 0.15) is 25.7 Å². The number of piperidine rings is 2. The van der Waals surface area contributed by atoms with Gasteiger partial charge in [-0.2, -0.15) is 0 Å². The topological polar surface area (TPSA) is 67.9 Å². The highest BCUT2D eigenvalue weighted by molar-refractivity contribution is 5.79. The molecule has 0 N–H and O–H groups in total. The lowest BCUT2D eigenvalue weighted by molar-refractivity contribution is -0.133. The maximum atomic E-state index is 12.7. The zero-order chi connectivity index (χ0) is 18.8. The number of benzene rings is 1. The van der Waals surface area contributed by atoms with Crippen molar-refractivity contribution in [2.75, 3.05) is 33.3 Å². The van der Waals surface area contributed by atoms with Gasteiger partial charge in [0, 0.05) is 39.3 Å². The Bertz CT molecular complexity index is 842. The first-order chi connectivity index (χ1) is 13.2. The van der Waals surface area contributed by atoms with E-state index in [2.05, 4.69) is 4.90 Å². The lowest BCUT2D eigenvalue weighted by Gasteiger charge is -2.41. The molecule has 7 nitrogen and oxygen atoms in total.